The lowest BCUT2D eigenvalue weighted by Gasteiger charge is -2.12. The van der Waals surface area contributed by atoms with Crippen molar-refractivity contribution in [2.24, 2.45) is 0 Å². The zero-order chi connectivity index (χ0) is 13.0. The Morgan fingerprint density at radius 1 is 1.56 bits per heavy atom. The molecule has 1 aromatic rings. The molecule has 0 aromatic carbocycles. The highest BCUT2D eigenvalue weighted by Gasteiger charge is 2.18. The van der Waals surface area contributed by atoms with Crippen molar-refractivity contribution in [2.45, 2.75) is 58.0 Å². The quantitative estimate of drug-likeness (QED) is 0.802. The second-order valence-corrected chi connectivity index (χ2v) is 5.22. The topological polar surface area (TPSA) is 62.7 Å². The van der Waals surface area contributed by atoms with Crippen LogP contribution in [-0.4, -0.2) is 26.7 Å². The lowest BCUT2D eigenvalue weighted by atomic mass is 10.2. The van der Waals surface area contributed by atoms with Crippen LogP contribution in [0.2, 0.25) is 0 Å². The van der Waals surface area contributed by atoms with Crippen LogP contribution in [0, 0.1) is 4.77 Å². The van der Waals surface area contributed by atoms with Crippen LogP contribution in [0.1, 0.15) is 44.9 Å². The van der Waals surface area contributed by atoms with E-state index in [2.05, 4.69) is 22.4 Å². The maximum Gasteiger partial charge on any atom is 0.240 e. The Kier molecular flexibility index (Phi) is 4.52. The molecule has 5 nitrogen and oxygen atoms in total. The number of carbonyl (C=O) groups excluding carboxylic acids is 1. The number of nitrogens with one attached hydrogen (secondary N) is 2. The van der Waals surface area contributed by atoms with Crippen molar-refractivity contribution >= 4 is 18.1 Å². The Labute approximate surface area is 112 Å². The van der Waals surface area contributed by atoms with E-state index in [4.69, 9.17) is 12.2 Å². The zero-order valence-electron chi connectivity index (χ0n) is 10.7. The van der Waals surface area contributed by atoms with Crippen molar-refractivity contribution in [3.8, 4) is 0 Å². The lowest BCUT2D eigenvalue weighted by Crippen LogP contribution is -2.35. The molecule has 2 rings (SSSR count). The highest BCUT2D eigenvalue weighted by atomic mass is 32.1. The van der Waals surface area contributed by atoms with Crippen LogP contribution in [0.25, 0.3) is 0 Å². The monoisotopic (exact) mass is 268 g/mol. The minimum Gasteiger partial charge on any atom is -0.352 e. The smallest absolute Gasteiger partial charge is 0.240 e. The van der Waals surface area contributed by atoms with Gasteiger partial charge in [-0.2, -0.15) is 5.10 Å². The Balaban J connectivity index is 1.97. The van der Waals surface area contributed by atoms with E-state index < -0.39 is 0 Å². The first-order valence-electron chi connectivity index (χ1n) is 6.64. The van der Waals surface area contributed by atoms with Gasteiger partial charge in [0.25, 0.3) is 0 Å². The molecule has 1 heterocycles. The normalized spacial score (nSPS) is 16.1. The molecule has 1 aliphatic rings. The van der Waals surface area contributed by atoms with Gasteiger partial charge in [-0.1, -0.05) is 19.8 Å². The molecule has 0 spiro atoms. The largest absolute Gasteiger partial charge is 0.352 e. The minimum absolute atomic E-state index is 0.0387. The molecule has 0 atom stereocenters. The van der Waals surface area contributed by atoms with Crippen molar-refractivity contribution in [1.29, 1.82) is 0 Å². The molecule has 0 bridgehead atoms. The van der Waals surface area contributed by atoms with Gasteiger partial charge in [-0.3, -0.25) is 14.5 Å². The van der Waals surface area contributed by atoms with Crippen LogP contribution < -0.4 is 5.32 Å². The molecule has 1 aromatic heterocycles. The summed E-state index contributed by atoms with van der Waals surface area (Å²) in [5.41, 5.74) is 0. The van der Waals surface area contributed by atoms with Gasteiger partial charge in [0.05, 0.1) is 0 Å². The average Bonchev–Trinajstić information content (AvgIpc) is 2.94. The van der Waals surface area contributed by atoms with Crippen LogP contribution in [0.3, 0.4) is 0 Å². The second-order valence-electron chi connectivity index (χ2n) is 4.83. The van der Waals surface area contributed by atoms with E-state index in [1.807, 2.05) is 0 Å². The molecule has 1 saturated carbocycles. The van der Waals surface area contributed by atoms with Gasteiger partial charge >= 0.3 is 0 Å². The number of H-pyrrole nitrogens is 1. The first-order valence-corrected chi connectivity index (χ1v) is 7.05. The number of aromatic nitrogens is 3. The molecule has 0 saturated heterocycles. The minimum atomic E-state index is 0.0387. The first kappa shape index (κ1) is 13.3. The van der Waals surface area contributed by atoms with Crippen molar-refractivity contribution in [1.82, 2.24) is 20.1 Å². The summed E-state index contributed by atoms with van der Waals surface area (Å²) >= 11 is 5.15. The van der Waals surface area contributed by atoms with E-state index in [1.165, 1.54) is 12.8 Å². The summed E-state index contributed by atoms with van der Waals surface area (Å²) < 4.78 is 2.32. The fourth-order valence-corrected chi connectivity index (χ4v) is 2.63. The summed E-state index contributed by atoms with van der Waals surface area (Å²) in [6.45, 7) is 2.36. The van der Waals surface area contributed by atoms with E-state index in [0.29, 0.717) is 10.8 Å². The van der Waals surface area contributed by atoms with Crippen LogP contribution >= 0.6 is 12.2 Å². The first-order chi connectivity index (χ1) is 8.70. The molecule has 2 N–H and O–H groups in total. The number of nitrogens with zero attached hydrogens (tertiary/aromatic N) is 2. The van der Waals surface area contributed by atoms with Crippen molar-refractivity contribution in [3.05, 3.63) is 10.6 Å². The second kappa shape index (κ2) is 6.13. The Morgan fingerprint density at radius 2 is 2.28 bits per heavy atom. The summed E-state index contributed by atoms with van der Waals surface area (Å²) in [7, 11) is 0. The summed E-state index contributed by atoms with van der Waals surface area (Å²) in [5.74, 6) is 0.904. The van der Waals surface area contributed by atoms with Crippen LogP contribution in [-0.2, 0) is 17.8 Å². The Bertz CT molecular complexity index is 459. The molecular formula is C12H20N4OS. The van der Waals surface area contributed by atoms with E-state index in [9.17, 15) is 4.79 Å². The fraction of sp³-hybridized carbons (Fsp3) is 0.750. The molecule has 0 unspecified atom stereocenters. The molecule has 1 fully saturated rings. The Morgan fingerprint density at radius 3 is 2.94 bits per heavy atom. The number of hydrogen-bond donors (Lipinski definition) is 2. The highest BCUT2D eigenvalue weighted by Crippen LogP contribution is 2.17. The van der Waals surface area contributed by atoms with Crippen molar-refractivity contribution < 1.29 is 4.79 Å². The van der Waals surface area contributed by atoms with Crippen LogP contribution in [0.4, 0.5) is 0 Å². The predicted octanol–water partition coefficient (Wildman–Crippen LogP) is 1.95. The van der Waals surface area contributed by atoms with E-state index in [1.54, 1.807) is 4.57 Å². The van der Waals surface area contributed by atoms with Crippen LogP contribution in [0.5, 0.6) is 0 Å². The van der Waals surface area contributed by atoms with Gasteiger partial charge in [0, 0.05) is 12.5 Å². The van der Waals surface area contributed by atoms with Crippen molar-refractivity contribution in [3.63, 3.8) is 0 Å². The maximum absolute atomic E-state index is 12.0. The third kappa shape index (κ3) is 3.19. The fourth-order valence-electron chi connectivity index (χ4n) is 2.41. The summed E-state index contributed by atoms with van der Waals surface area (Å²) in [6, 6.07) is 0.355. The van der Waals surface area contributed by atoms with Gasteiger partial charge in [-0.05, 0) is 31.5 Å². The third-order valence-corrected chi connectivity index (χ3v) is 3.64. The number of aryl methyl sites for hydroxylation is 1. The summed E-state index contributed by atoms with van der Waals surface area (Å²) in [4.78, 5) is 12.0. The van der Waals surface area contributed by atoms with E-state index >= 15 is 0 Å². The summed E-state index contributed by atoms with van der Waals surface area (Å²) in [5, 5.41) is 9.98. The maximum atomic E-state index is 12.0. The summed E-state index contributed by atoms with van der Waals surface area (Å²) in [6.07, 6.45) is 6.47. The highest BCUT2D eigenvalue weighted by molar-refractivity contribution is 7.71. The van der Waals surface area contributed by atoms with E-state index in [-0.39, 0.29) is 12.5 Å². The van der Waals surface area contributed by atoms with Crippen LogP contribution in [0.15, 0.2) is 0 Å². The molecular weight excluding hydrogens is 248 g/mol. The van der Waals surface area contributed by atoms with E-state index in [0.717, 1.165) is 31.5 Å². The molecule has 1 aliphatic carbocycles. The van der Waals surface area contributed by atoms with Crippen molar-refractivity contribution in [2.75, 3.05) is 0 Å². The molecule has 100 valence electrons. The number of amides is 1. The standard InChI is InChI=1S/C12H20N4OS/c1-2-5-10-14-15-12(18)16(10)8-11(17)13-9-6-3-4-7-9/h9H,2-8H2,1H3,(H,13,17)(H,15,18). The zero-order valence-corrected chi connectivity index (χ0v) is 11.6. The molecule has 1 amide bonds. The molecule has 0 aliphatic heterocycles. The molecule has 0 radical (unpaired) electrons. The van der Waals surface area contributed by atoms with Gasteiger partial charge in [-0.25, -0.2) is 0 Å². The van der Waals surface area contributed by atoms with Gasteiger partial charge in [-0.15, -0.1) is 0 Å². The number of hydrogen-bond acceptors (Lipinski definition) is 3. The van der Waals surface area contributed by atoms with Gasteiger partial charge in [0.1, 0.15) is 12.4 Å². The Hall–Kier alpha value is -1.17. The number of rotatable bonds is 5. The average molecular weight is 268 g/mol. The third-order valence-electron chi connectivity index (χ3n) is 3.33. The predicted molar refractivity (Wildman–Crippen MR) is 71.8 cm³/mol. The molecule has 18 heavy (non-hydrogen) atoms. The molecule has 6 heteroatoms. The van der Waals surface area contributed by atoms with Gasteiger partial charge in [0.15, 0.2) is 4.77 Å². The number of carbonyl (C=O) groups is 1. The van der Waals surface area contributed by atoms with Gasteiger partial charge in [0.2, 0.25) is 5.91 Å². The van der Waals surface area contributed by atoms with Gasteiger partial charge < -0.3 is 5.32 Å². The lowest BCUT2D eigenvalue weighted by molar-refractivity contribution is -0.122. The number of aromatic amines is 1. The SMILES string of the molecule is CCCc1n[nH]c(=S)n1CC(=O)NC1CCCC1.